The third-order valence-electron chi connectivity index (χ3n) is 3.95. The van der Waals surface area contributed by atoms with Crippen molar-refractivity contribution >= 4 is 22.9 Å². The summed E-state index contributed by atoms with van der Waals surface area (Å²) < 4.78 is 0. The highest BCUT2D eigenvalue weighted by Crippen LogP contribution is 2.22. The standard InChI is InChI=1S/C20H18N5/c21-17-9-7-8-16(14-17)20-22-24(18-10-3-1-4-11-18)15-25(23-20)19-12-5-2-6-13-19/h1-14H,15,21H2. The van der Waals surface area contributed by atoms with Gasteiger partial charge in [0.15, 0.2) is 5.84 Å². The minimum Gasteiger partial charge on any atom is -0.399 e. The summed E-state index contributed by atoms with van der Waals surface area (Å²) >= 11 is 0. The Balaban J connectivity index is 1.74. The molecule has 0 bridgehead atoms. The van der Waals surface area contributed by atoms with E-state index in [9.17, 15) is 0 Å². The van der Waals surface area contributed by atoms with Crippen molar-refractivity contribution in [1.82, 2.24) is 5.43 Å². The summed E-state index contributed by atoms with van der Waals surface area (Å²) in [6.45, 7) is 0.542. The van der Waals surface area contributed by atoms with Gasteiger partial charge in [-0.3, -0.25) is 0 Å². The molecule has 0 saturated carbocycles. The van der Waals surface area contributed by atoms with Crippen LogP contribution in [-0.2, 0) is 0 Å². The fourth-order valence-electron chi connectivity index (χ4n) is 2.71. The quantitative estimate of drug-likeness (QED) is 0.749. The number of hydrogen-bond acceptors (Lipinski definition) is 4. The van der Waals surface area contributed by atoms with E-state index in [0.717, 1.165) is 16.9 Å². The third kappa shape index (κ3) is 3.26. The van der Waals surface area contributed by atoms with E-state index < -0.39 is 0 Å². The zero-order valence-electron chi connectivity index (χ0n) is 13.7. The summed E-state index contributed by atoms with van der Waals surface area (Å²) in [5.74, 6) is 0.631. The summed E-state index contributed by atoms with van der Waals surface area (Å²) in [4.78, 5) is 0. The van der Waals surface area contributed by atoms with Crippen LogP contribution in [-0.4, -0.2) is 12.5 Å². The van der Waals surface area contributed by atoms with Crippen molar-refractivity contribution in [3.8, 4) is 0 Å². The maximum Gasteiger partial charge on any atom is 0.199 e. The smallest absolute Gasteiger partial charge is 0.199 e. The van der Waals surface area contributed by atoms with Crippen LogP contribution in [0.4, 0.5) is 17.1 Å². The molecule has 123 valence electrons. The summed E-state index contributed by atoms with van der Waals surface area (Å²) in [6.07, 6.45) is 0. The second-order valence-corrected chi connectivity index (χ2v) is 5.76. The molecule has 0 amide bonds. The zero-order valence-corrected chi connectivity index (χ0v) is 13.7. The Morgan fingerprint density at radius 3 is 2.00 bits per heavy atom. The Morgan fingerprint density at radius 2 is 1.36 bits per heavy atom. The van der Waals surface area contributed by atoms with Gasteiger partial charge in [-0.15, -0.1) is 10.5 Å². The fraction of sp³-hybridized carbons (Fsp3) is 0.0500. The molecule has 1 aliphatic heterocycles. The van der Waals surface area contributed by atoms with Gasteiger partial charge in [-0.25, -0.2) is 10.0 Å². The largest absolute Gasteiger partial charge is 0.399 e. The molecule has 0 fully saturated rings. The Bertz CT molecular complexity index is 877. The zero-order chi connectivity index (χ0) is 17.1. The number of amidine groups is 1. The predicted molar refractivity (Wildman–Crippen MR) is 102 cm³/mol. The number of nitrogens with zero attached hydrogens (tertiary/aromatic N) is 4. The van der Waals surface area contributed by atoms with Gasteiger partial charge in [-0.2, -0.15) is 0 Å². The lowest BCUT2D eigenvalue weighted by Crippen LogP contribution is -2.48. The maximum atomic E-state index is 5.93. The van der Waals surface area contributed by atoms with Crippen molar-refractivity contribution in [1.29, 1.82) is 0 Å². The molecule has 5 heteroatoms. The Labute approximate surface area is 147 Å². The molecule has 0 aliphatic carbocycles. The lowest BCUT2D eigenvalue weighted by atomic mass is 10.2. The Hall–Kier alpha value is -3.47. The minimum absolute atomic E-state index is 0.542. The van der Waals surface area contributed by atoms with Crippen molar-refractivity contribution in [2.45, 2.75) is 0 Å². The second kappa shape index (κ2) is 6.57. The van der Waals surface area contributed by atoms with Gasteiger partial charge >= 0.3 is 0 Å². The Kier molecular flexibility index (Phi) is 3.96. The molecular formula is C20H18N5. The van der Waals surface area contributed by atoms with Crippen molar-refractivity contribution in [2.24, 2.45) is 5.10 Å². The molecule has 5 nitrogen and oxygen atoms in total. The number of hydrazone groups is 1. The molecule has 25 heavy (non-hydrogen) atoms. The molecule has 0 saturated heterocycles. The van der Waals surface area contributed by atoms with Gasteiger partial charge in [0.2, 0.25) is 0 Å². The third-order valence-corrected chi connectivity index (χ3v) is 3.95. The minimum atomic E-state index is 0.542. The van der Waals surface area contributed by atoms with Gasteiger partial charge in [0, 0.05) is 11.3 Å². The molecule has 3 aromatic rings. The van der Waals surface area contributed by atoms with E-state index in [2.05, 4.69) is 0 Å². The highest BCUT2D eigenvalue weighted by Gasteiger charge is 2.23. The van der Waals surface area contributed by atoms with Crippen molar-refractivity contribution in [3.63, 3.8) is 0 Å². The monoisotopic (exact) mass is 328 g/mol. The number of benzene rings is 3. The highest BCUT2D eigenvalue weighted by atomic mass is 15.7. The molecule has 1 heterocycles. The average Bonchev–Trinajstić information content (AvgIpc) is 2.69. The molecule has 1 aliphatic rings. The van der Waals surface area contributed by atoms with Crippen LogP contribution in [0.3, 0.4) is 0 Å². The van der Waals surface area contributed by atoms with E-state index in [1.165, 1.54) is 0 Å². The van der Waals surface area contributed by atoms with Crippen LogP contribution in [0.15, 0.2) is 90.0 Å². The number of rotatable bonds is 3. The molecule has 0 aromatic heterocycles. The molecule has 3 aromatic carbocycles. The van der Waals surface area contributed by atoms with Gasteiger partial charge in [0.05, 0.1) is 11.4 Å². The van der Waals surface area contributed by atoms with Gasteiger partial charge < -0.3 is 5.73 Å². The number of anilines is 3. The van der Waals surface area contributed by atoms with E-state index in [1.54, 1.807) is 0 Å². The van der Waals surface area contributed by atoms with Crippen LogP contribution in [0, 0.1) is 0 Å². The lowest BCUT2D eigenvalue weighted by Gasteiger charge is -2.34. The van der Waals surface area contributed by atoms with Gasteiger partial charge in [0.1, 0.15) is 6.67 Å². The fourth-order valence-corrected chi connectivity index (χ4v) is 2.71. The van der Waals surface area contributed by atoms with E-state index in [-0.39, 0.29) is 0 Å². The number of hydrogen-bond donors (Lipinski definition) is 1. The molecule has 1 radical (unpaired) electrons. The van der Waals surface area contributed by atoms with Gasteiger partial charge in [0.25, 0.3) is 0 Å². The number of nitrogen functional groups attached to an aromatic ring is 1. The van der Waals surface area contributed by atoms with E-state index in [4.69, 9.17) is 16.3 Å². The van der Waals surface area contributed by atoms with Gasteiger partial charge in [-0.1, -0.05) is 48.5 Å². The normalized spacial score (nSPS) is 14.0. The van der Waals surface area contributed by atoms with Gasteiger partial charge in [-0.05, 0) is 36.4 Å². The topological polar surface area (TPSA) is 59.0 Å². The summed E-state index contributed by atoms with van der Waals surface area (Å²) in [7, 11) is 0. The first-order valence-electron chi connectivity index (χ1n) is 8.11. The molecule has 2 N–H and O–H groups in total. The van der Waals surface area contributed by atoms with Crippen molar-refractivity contribution in [3.05, 3.63) is 90.5 Å². The lowest BCUT2D eigenvalue weighted by molar-refractivity contribution is 0.671. The van der Waals surface area contributed by atoms with Crippen LogP contribution in [0.5, 0.6) is 0 Å². The predicted octanol–water partition coefficient (Wildman–Crippen LogP) is 3.43. The highest BCUT2D eigenvalue weighted by molar-refractivity contribution is 6.01. The van der Waals surface area contributed by atoms with Crippen LogP contribution >= 0.6 is 0 Å². The van der Waals surface area contributed by atoms with E-state index in [0.29, 0.717) is 18.2 Å². The van der Waals surface area contributed by atoms with Crippen molar-refractivity contribution in [2.75, 3.05) is 22.4 Å². The molecule has 0 unspecified atom stereocenters. The number of para-hydroxylation sites is 2. The van der Waals surface area contributed by atoms with Crippen LogP contribution in [0.1, 0.15) is 5.56 Å². The second-order valence-electron chi connectivity index (χ2n) is 5.76. The van der Waals surface area contributed by atoms with Crippen molar-refractivity contribution < 1.29 is 0 Å². The first kappa shape index (κ1) is 15.1. The molecule has 0 atom stereocenters. The van der Waals surface area contributed by atoms with Crippen LogP contribution in [0.25, 0.3) is 0 Å². The SMILES string of the molecule is Nc1cccc(C2=NN(c3ccccc3)CN(c3ccccc3)[N]2)c1. The molecule has 0 spiro atoms. The first-order chi connectivity index (χ1) is 12.3. The summed E-state index contributed by atoms with van der Waals surface area (Å²) in [5, 5.41) is 8.61. The first-order valence-corrected chi connectivity index (χ1v) is 8.11. The number of nitrogens with two attached hydrogens (primary N) is 1. The molecular weight excluding hydrogens is 310 g/mol. The van der Waals surface area contributed by atoms with E-state index >= 15 is 0 Å². The van der Waals surface area contributed by atoms with E-state index in [1.807, 2.05) is 94.9 Å². The average molecular weight is 328 g/mol. The Morgan fingerprint density at radius 1 is 0.720 bits per heavy atom. The summed E-state index contributed by atoms with van der Waals surface area (Å²) in [5.41, 5.74) is 14.3. The molecule has 4 rings (SSSR count). The van der Waals surface area contributed by atoms with Crippen LogP contribution in [0.2, 0.25) is 0 Å². The van der Waals surface area contributed by atoms with Crippen LogP contribution < -0.4 is 21.2 Å². The summed E-state index contributed by atoms with van der Waals surface area (Å²) in [6, 6.07) is 27.8. The maximum absolute atomic E-state index is 5.93.